The summed E-state index contributed by atoms with van der Waals surface area (Å²) in [5.74, 6) is 2.00. The maximum Gasteiger partial charge on any atom is 0.259 e. The lowest BCUT2D eigenvalue weighted by Gasteiger charge is -2.09. The van der Waals surface area contributed by atoms with Crippen LogP contribution in [0.4, 0.5) is 5.69 Å². The Labute approximate surface area is 173 Å². The van der Waals surface area contributed by atoms with Crippen LogP contribution in [0.5, 0.6) is 11.6 Å². The van der Waals surface area contributed by atoms with Gasteiger partial charge in [-0.2, -0.15) is 15.2 Å². The Morgan fingerprint density at radius 3 is 2.50 bits per heavy atom. The van der Waals surface area contributed by atoms with E-state index in [4.69, 9.17) is 4.74 Å². The second-order valence-corrected chi connectivity index (χ2v) is 6.81. The molecule has 0 saturated carbocycles. The Bertz CT molecular complexity index is 1200. The largest absolute Gasteiger partial charge is 0.439 e. The molecule has 152 valence electrons. The van der Waals surface area contributed by atoms with Gasteiger partial charge in [0.05, 0.1) is 11.3 Å². The molecule has 0 fully saturated rings. The summed E-state index contributed by atoms with van der Waals surface area (Å²) >= 11 is 0. The van der Waals surface area contributed by atoms with E-state index in [0.29, 0.717) is 40.2 Å². The van der Waals surface area contributed by atoms with E-state index in [0.717, 1.165) is 5.69 Å². The van der Waals surface area contributed by atoms with Crippen LogP contribution in [0.2, 0.25) is 0 Å². The zero-order valence-corrected chi connectivity index (χ0v) is 17.1. The summed E-state index contributed by atoms with van der Waals surface area (Å²) in [5.41, 5.74) is 2.75. The van der Waals surface area contributed by atoms with Crippen molar-refractivity contribution in [2.75, 3.05) is 5.32 Å². The maximum absolute atomic E-state index is 12.6. The van der Waals surface area contributed by atoms with Gasteiger partial charge >= 0.3 is 0 Å². The van der Waals surface area contributed by atoms with Gasteiger partial charge < -0.3 is 10.1 Å². The summed E-state index contributed by atoms with van der Waals surface area (Å²) in [6.07, 6.45) is 3.48. The summed E-state index contributed by atoms with van der Waals surface area (Å²) in [5, 5.41) is 11.4. The highest BCUT2D eigenvalue weighted by molar-refractivity contribution is 6.05. The number of hydrogen-bond acceptors (Lipinski definition) is 6. The van der Waals surface area contributed by atoms with E-state index in [2.05, 4.69) is 25.5 Å². The van der Waals surface area contributed by atoms with Gasteiger partial charge in [0.1, 0.15) is 11.6 Å². The molecule has 3 aromatic heterocycles. The fourth-order valence-corrected chi connectivity index (χ4v) is 3.12. The fourth-order valence-electron chi connectivity index (χ4n) is 3.12. The van der Waals surface area contributed by atoms with E-state index < -0.39 is 0 Å². The van der Waals surface area contributed by atoms with E-state index in [1.807, 2.05) is 27.0 Å². The van der Waals surface area contributed by atoms with Crippen molar-refractivity contribution < 1.29 is 9.53 Å². The van der Waals surface area contributed by atoms with Crippen LogP contribution in [0.1, 0.15) is 27.6 Å². The van der Waals surface area contributed by atoms with Crippen molar-refractivity contribution in [1.82, 2.24) is 29.5 Å². The number of nitrogens with one attached hydrogen (secondary N) is 1. The lowest BCUT2D eigenvalue weighted by molar-refractivity contribution is 0.102. The number of carbonyl (C=O) groups excluding carboxylic acids is 1. The summed E-state index contributed by atoms with van der Waals surface area (Å²) in [7, 11) is 1.82. The molecule has 0 aliphatic carbocycles. The number of benzene rings is 1. The SMILES string of the molecule is Cc1nc(Oc2ccc(NC(=O)c3c(C)nn(C)c3C)cc2)cc(-n2cccn2)n1. The van der Waals surface area contributed by atoms with Crippen LogP contribution in [0, 0.1) is 20.8 Å². The lowest BCUT2D eigenvalue weighted by atomic mass is 10.2. The maximum atomic E-state index is 12.6. The zero-order chi connectivity index (χ0) is 21.3. The molecule has 4 aromatic rings. The number of amides is 1. The van der Waals surface area contributed by atoms with Crippen molar-refractivity contribution in [1.29, 1.82) is 0 Å². The van der Waals surface area contributed by atoms with Gasteiger partial charge in [-0.1, -0.05) is 0 Å². The first-order valence-corrected chi connectivity index (χ1v) is 9.36. The predicted molar refractivity (Wildman–Crippen MR) is 111 cm³/mol. The third-order valence-electron chi connectivity index (χ3n) is 4.61. The molecule has 4 rings (SSSR count). The normalized spacial score (nSPS) is 10.8. The number of aromatic nitrogens is 6. The van der Waals surface area contributed by atoms with Crippen LogP contribution in [-0.4, -0.2) is 35.4 Å². The topological polar surface area (TPSA) is 99.8 Å². The van der Waals surface area contributed by atoms with Gasteiger partial charge in [0, 0.05) is 36.9 Å². The van der Waals surface area contributed by atoms with E-state index >= 15 is 0 Å². The van der Waals surface area contributed by atoms with Crippen LogP contribution < -0.4 is 10.1 Å². The number of anilines is 1. The number of carbonyl (C=O) groups is 1. The second kappa shape index (κ2) is 7.78. The average Bonchev–Trinajstić information content (AvgIpc) is 3.31. The highest BCUT2D eigenvalue weighted by Gasteiger charge is 2.17. The molecular formula is C21H21N7O2. The summed E-state index contributed by atoms with van der Waals surface area (Å²) in [6, 6.07) is 10.6. The van der Waals surface area contributed by atoms with E-state index in [-0.39, 0.29) is 5.91 Å². The Hall–Kier alpha value is -4.01. The Balaban J connectivity index is 1.49. The Morgan fingerprint density at radius 1 is 1.10 bits per heavy atom. The molecule has 9 heteroatoms. The first-order valence-electron chi connectivity index (χ1n) is 9.36. The molecule has 3 heterocycles. The monoisotopic (exact) mass is 403 g/mol. The van der Waals surface area contributed by atoms with Gasteiger partial charge in [-0.05, 0) is 51.1 Å². The van der Waals surface area contributed by atoms with Gasteiger partial charge in [-0.3, -0.25) is 9.48 Å². The van der Waals surface area contributed by atoms with E-state index in [9.17, 15) is 4.79 Å². The smallest absolute Gasteiger partial charge is 0.259 e. The minimum atomic E-state index is -0.193. The highest BCUT2D eigenvalue weighted by Crippen LogP contribution is 2.23. The molecular weight excluding hydrogens is 382 g/mol. The number of ether oxygens (including phenoxy) is 1. The van der Waals surface area contributed by atoms with Crippen molar-refractivity contribution in [3.63, 3.8) is 0 Å². The molecule has 0 bridgehead atoms. The number of rotatable bonds is 5. The van der Waals surface area contributed by atoms with Crippen LogP contribution in [0.3, 0.4) is 0 Å². The van der Waals surface area contributed by atoms with Gasteiger partial charge in [0.25, 0.3) is 5.91 Å². The lowest BCUT2D eigenvalue weighted by Crippen LogP contribution is -2.14. The molecule has 0 saturated heterocycles. The molecule has 9 nitrogen and oxygen atoms in total. The fraction of sp³-hybridized carbons (Fsp3) is 0.190. The van der Waals surface area contributed by atoms with Gasteiger partial charge in [0.2, 0.25) is 5.88 Å². The molecule has 1 amide bonds. The van der Waals surface area contributed by atoms with Crippen LogP contribution in [0.25, 0.3) is 5.82 Å². The second-order valence-electron chi connectivity index (χ2n) is 6.81. The highest BCUT2D eigenvalue weighted by atomic mass is 16.5. The molecule has 1 aromatic carbocycles. The van der Waals surface area contributed by atoms with Crippen LogP contribution >= 0.6 is 0 Å². The van der Waals surface area contributed by atoms with Crippen molar-refractivity contribution in [2.24, 2.45) is 7.05 Å². The first-order chi connectivity index (χ1) is 14.4. The Morgan fingerprint density at radius 2 is 1.87 bits per heavy atom. The van der Waals surface area contributed by atoms with Crippen molar-refractivity contribution in [3.8, 4) is 17.4 Å². The van der Waals surface area contributed by atoms with Crippen LogP contribution in [0.15, 0.2) is 48.8 Å². The molecule has 0 spiro atoms. The molecule has 30 heavy (non-hydrogen) atoms. The third kappa shape index (κ3) is 3.90. The Kier molecular flexibility index (Phi) is 5.01. The minimum absolute atomic E-state index is 0.193. The number of nitrogens with zero attached hydrogens (tertiary/aromatic N) is 6. The van der Waals surface area contributed by atoms with Crippen molar-refractivity contribution in [3.05, 3.63) is 71.6 Å². The summed E-state index contributed by atoms with van der Waals surface area (Å²) in [4.78, 5) is 21.3. The number of aryl methyl sites for hydroxylation is 3. The molecule has 0 unspecified atom stereocenters. The molecule has 0 aliphatic rings. The number of hydrogen-bond donors (Lipinski definition) is 1. The quantitative estimate of drug-likeness (QED) is 0.548. The average molecular weight is 403 g/mol. The standard InChI is InChI=1S/C21H21N7O2/c1-13-20(14(2)27(4)26-13)21(29)25-16-6-8-17(9-7-16)30-19-12-18(23-15(3)24-19)28-11-5-10-22-28/h5-12H,1-4H3,(H,25,29). The zero-order valence-electron chi connectivity index (χ0n) is 17.1. The van der Waals surface area contributed by atoms with Crippen LogP contribution in [-0.2, 0) is 7.05 Å². The minimum Gasteiger partial charge on any atom is -0.439 e. The first kappa shape index (κ1) is 19.3. The molecule has 0 radical (unpaired) electrons. The predicted octanol–water partition coefficient (Wildman–Crippen LogP) is 3.37. The van der Waals surface area contributed by atoms with Gasteiger partial charge in [-0.25, -0.2) is 9.67 Å². The molecule has 1 N–H and O–H groups in total. The van der Waals surface area contributed by atoms with Gasteiger partial charge in [-0.15, -0.1) is 0 Å². The van der Waals surface area contributed by atoms with Crippen molar-refractivity contribution >= 4 is 11.6 Å². The van der Waals surface area contributed by atoms with E-state index in [1.54, 1.807) is 59.0 Å². The third-order valence-corrected chi connectivity index (χ3v) is 4.61. The van der Waals surface area contributed by atoms with Gasteiger partial charge in [0.15, 0.2) is 5.82 Å². The van der Waals surface area contributed by atoms with Crippen molar-refractivity contribution in [2.45, 2.75) is 20.8 Å². The molecule has 0 atom stereocenters. The summed E-state index contributed by atoms with van der Waals surface area (Å²) < 4.78 is 9.20. The van der Waals surface area contributed by atoms with E-state index in [1.165, 1.54) is 0 Å². The molecule has 0 aliphatic heterocycles. The summed E-state index contributed by atoms with van der Waals surface area (Å²) in [6.45, 7) is 5.48.